The summed E-state index contributed by atoms with van der Waals surface area (Å²) in [5, 5.41) is 4.02. The number of anilines is 1. The molecule has 1 unspecified atom stereocenters. The zero-order valence-corrected chi connectivity index (χ0v) is 13.4. The molecule has 24 heavy (non-hydrogen) atoms. The Labute approximate surface area is 143 Å². The molecule has 1 N–H and O–H groups in total. The Morgan fingerprint density at radius 1 is 1.17 bits per heavy atom. The molecule has 1 aromatic carbocycles. The molecule has 3 aromatic rings. The fraction of sp³-hybridized carbons (Fsp3) is 0.111. The van der Waals surface area contributed by atoms with Crippen LogP contribution in [0.2, 0.25) is 5.02 Å². The fourth-order valence-electron chi connectivity index (χ4n) is 2.82. The second-order valence-electron chi connectivity index (χ2n) is 5.50. The Kier molecular flexibility index (Phi) is 3.70. The molecule has 1 amide bonds. The third-order valence-electron chi connectivity index (χ3n) is 3.95. The van der Waals surface area contributed by atoms with E-state index in [0.29, 0.717) is 22.8 Å². The average molecular weight is 340 g/mol. The van der Waals surface area contributed by atoms with Crippen molar-refractivity contribution in [3.63, 3.8) is 0 Å². The molecule has 1 aliphatic rings. The van der Waals surface area contributed by atoms with E-state index in [1.165, 1.54) is 0 Å². The van der Waals surface area contributed by atoms with Gasteiger partial charge in [0.15, 0.2) is 0 Å². The number of pyridine rings is 1. The Morgan fingerprint density at radius 2 is 2.00 bits per heavy atom. The summed E-state index contributed by atoms with van der Waals surface area (Å²) in [6, 6.07) is 14.6. The number of furan rings is 1. The highest BCUT2D eigenvalue weighted by molar-refractivity contribution is 6.30. The van der Waals surface area contributed by atoms with Gasteiger partial charge in [0.2, 0.25) is 0 Å². The standard InChI is InChI=1S/C18H14ClN3O2/c19-12-5-7-13(8-6-12)21-17-16-15(4-1-9-20-16)18(23)22(17)11-14-3-2-10-24-14/h1-10,17,21H,11H2. The lowest BCUT2D eigenvalue weighted by molar-refractivity contribution is 0.0714. The third kappa shape index (κ3) is 2.63. The molecule has 1 aliphatic heterocycles. The zero-order chi connectivity index (χ0) is 16.5. The van der Waals surface area contributed by atoms with Crippen molar-refractivity contribution in [3.05, 3.63) is 83.0 Å². The lowest BCUT2D eigenvalue weighted by atomic mass is 10.2. The molecule has 0 saturated carbocycles. The molecule has 2 aromatic heterocycles. The van der Waals surface area contributed by atoms with E-state index in [9.17, 15) is 4.79 Å². The minimum absolute atomic E-state index is 0.0686. The molecule has 0 aliphatic carbocycles. The van der Waals surface area contributed by atoms with E-state index in [-0.39, 0.29) is 12.1 Å². The van der Waals surface area contributed by atoms with Crippen LogP contribution in [0.3, 0.4) is 0 Å². The van der Waals surface area contributed by atoms with Crippen molar-refractivity contribution >= 4 is 23.2 Å². The van der Waals surface area contributed by atoms with Gasteiger partial charge in [-0.05, 0) is 48.5 Å². The number of aromatic nitrogens is 1. The molecular formula is C18H14ClN3O2. The topological polar surface area (TPSA) is 58.4 Å². The van der Waals surface area contributed by atoms with Crippen LogP contribution in [0, 0.1) is 0 Å². The summed E-state index contributed by atoms with van der Waals surface area (Å²) in [4.78, 5) is 18.9. The van der Waals surface area contributed by atoms with Gasteiger partial charge in [0, 0.05) is 16.9 Å². The van der Waals surface area contributed by atoms with Crippen LogP contribution in [0.15, 0.2) is 65.4 Å². The molecular weight excluding hydrogens is 326 g/mol. The molecule has 5 nitrogen and oxygen atoms in total. The number of carbonyl (C=O) groups excluding carboxylic acids is 1. The quantitative estimate of drug-likeness (QED) is 0.777. The Balaban J connectivity index is 1.68. The van der Waals surface area contributed by atoms with Gasteiger partial charge in [-0.15, -0.1) is 0 Å². The normalized spacial score (nSPS) is 16.3. The summed E-state index contributed by atoms with van der Waals surface area (Å²) in [7, 11) is 0. The van der Waals surface area contributed by atoms with Crippen LogP contribution in [0.5, 0.6) is 0 Å². The number of benzene rings is 1. The Morgan fingerprint density at radius 3 is 2.75 bits per heavy atom. The maximum atomic E-state index is 12.8. The number of halogens is 1. The fourth-order valence-corrected chi connectivity index (χ4v) is 2.95. The summed E-state index contributed by atoms with van der Waals surface area (Å²) in [6.07, 6.45) is 2.93. The monoisotopic (exact) mass is 339 g/mol. The number of carbonyl (C=O) groups is 1. The highest BCUT2D eigenvalue weighted by Gasteiger charge is 2.38. The first-order chi connectivity index (χ1) is 11.7. The number of rotatable bonds is 4. The molecule has 6 heteroatoms. The predicted octanol–water partition coefficient (Wildman–Crippen LogP) is 4.09. The van der Waals surface area contributed by atoms with Gasteiger partial charge in [-0.25, -0.2) is 0 Å². The van der Waals surface area contributed by atoms with Gasteiger partial charge < -0.3 is 14.6 Å². The molecule has 4 rings (SSSR count). The summed E-state index contributed by atoms with van der Waals surface area (Å²) in [5.41, 5.74) is 2.18. The maximum Gasteiger partial charge on any atom is 0.258 e. The summed E-state index contributed by atoms with van der Waals surface area (Å²) in [5.74, 6) is 0.653. The largest absolute Gasteiger partial charge is 0.467 e. The van der Waals surface area contributed by atoms with Crippen molar-refractivity contribution in [2.75, 3.05) is 5.32 Å². The lowest BCUT2D eigenvalue weighted by Crippen LogP contribution is -2.31. The van der Waals surface area contributed by atoms with Gasteiger partial charge in [0.05, 0.1) is 24.1 Å². The van der Waals surface area contributed by atoms with Crippen LogP contribution in [-0.4, -0.2) is 15.8 Å². The first-order valence-electron chi connectivity index (χ1n) is 7.53. The van der Waals surface area contributed by atoms with Crippen LogP contribution in [0.4, 0.5) is 5.69 Å². The van der Waals surface area contributed by atoms with E-state index in [4.69, 9.17) is 16.0 Å². The first-order valence-corrected chi connectivity index (χ1v) is 7.90. The molecule has 0 radical (unpaired) electrons. The first kappa shape index (κ1) is 14.8. The number of fused-ring (bicyclic) bond motifs is 1. The van der Waals surface area contributed by atoms with Crippen molar-refractivity contribution in [1.29, 1.82) is 0 Å². The van der Waals surface area contributed by atoms with Crippen LogP contribution in [0.25, 0.3) is 0 Å². The summed E-state index contributed by atoms with van der Waals surface area (Å²) >= 11 is 5.94. The van der Waals surface area contributed by atoms with E-state index >= 15 is 0 Å². The number of hydrogen-bond donors (Lipinski definition) is 1. The van der Waals surface area contributed by atoms with E-state index in [1.54, 1.807) is 41.6 Å². The second kappa shape index (κ2) is 6.02. The van der Waals surface area contributed by atoms with E-state index in [0.717, 1.165) is 11.4 Å². The average Bonchev–Trinajstić information content (AvgIpc) is 3.20. The number of hydrogen-bond acceptors (Lipinski definition) is 4. The molecule has 0 bridgehead atoms. The zero-order valence-electron chi connectivity index (χ0n) is 12.6. The number of nitrogens with one attached hydrogen (secondary N) is 1. The van der Waals surface area contributed by atoms with Gasteiger partial charge in [-0.1, -0.05) is 11.6 Å². The second-order valence-corrected chi connectivity index (χ2v) is 5.94. The van der Waals surface area contributed by atoms with E-state index in [1.807, 2.05) is 24.3 Å². The number of amides is 1. The predicted molar refractivity (Wildman–Crippen MR) is 90.6 cm³/mol. The van der Waals surface area contributed by atoms with Crippen LogP contribution in [0.1, 0.15) is 28.0 Å². The van der Waals surface area contributed by atoms with Crippen molar-refractivity contribution in [1.82, 2.24) is 9.88 Å². The van der Waals surface area contributed by atoms with E-state index < -0.39 is 0 Å². The Bertz CT molecular complexity index is 862. The molecule has 0 saturated heterocycles. The molecule has 0 fully saturated rings. The smallest absolute Gasteiger partial charge is 0.258 e. The highest BCUT2D eigenvalue weighted by Crippen LogP contribution is 2.34. The summed E-state index contributed by atoms with van der Waals surface area (Å²) < 4.78 is 5.40. The molecule has 120 valence electrons. The van der Waals surface area contributed by atoms with Crippen molar-refractivity contribution in [3.8, 4) is 0 Å². The SMILES string of the molecule is O=C1c2cccnc2C(Nc2ccc(Cl)cc2)N1Cc1ccco1. The van der Waals surface area contributed by atoms with Gasteiger partial charge in [-0.2, -0.15) is 0 Å². The lowest BCUT2D eigenvalue weighted by Gasteiger charge is -2.25. The van der Waals surface area contributed by atoms with Crippen LogP contribution >= 0.6 is 11.6 Å². The highest BCUT2D eigenvalue weighted by atomic mass is 35.5. The van der Waals surface area contributed by atoms with Gasteiger partial charge in [0.25, 0.3) is 5.91 Å². The maximum absolute atomic E-state index is 12.8. The molecule has 0 spiro atoms. The third-order valence-corrected chi connectivity index (χ3v) is 4.21. The van der Waals surface area contributed by atoms with Crippen molar-refractivity contribution in [2.24, 2.45) is 0 Å². The minimum atomic E-state index is -0.361. The van der Waals surface area contributed by atoms with Gasteiger partial charge in [0.1, 0.15) is 11.9 Å². The molecule has 1 atom stereocenters. The minimum Gasteiger partial charge on any atom is -0.467 e. The van der Waals surface area contributed by atoms with Gasteiger partial charge >= 0.3 is 0 Å². The summed E-state index contributed by atoms with van der Waals surface area (Å²) in [6.45, 7) is 0.369. The van der Waals surface area contributed by atoms with Gasteiger partial charge in [-0.3, -0.25) is 9.78 Å². The van der Waals surface area contributed by atoms with E-state index in [2.05, 4.69) is 10.3 Å². The number of nitrogens with zero attached hydrogens (tertiary/aromatic N) is 2. The Hall–Kier alpha value is -2.79. The van der Waals surface area contributed by atoms with Crippen molar-refractivity contribution in [2.45, 2.75) is 12.7 Å². The van der Waals surface area contributed by atoms with Crippen LogP contribution < -0.4 is 5.32 Å². The van der Waals surface area contributed by atoms with Crippen LogP contribution in [-0.2, 0) is 6.54 Å². The van der Waals surface area contributed by atoms with Crippen molar-refractivity contribution < 1.29 is 9.21 Å². The molecule has 3 heterocycles.